The first-order valence-corrected chi connectivity index (χ1v) is 10.5. The summed E-state index contributed by atoms with van der Waals surface area (Å²) in [6, 6.07) is 13.7. The third-order valence-electron chi connectivity index (χ3n) is 4.33. The average molecular weight is 416 g/mol. The van der Waals surface area contributed by atoms with E-state index in [1.807, 2.05) is 12.1 Å². The Labute approximate surface area is 168 Å². The minimum atomic E-state index is -4.18. The lowest BCUT2D eigenvalue weighted by atomic mass is 10.0. The van der Waals surface area contributed by atoms with Crippen molar-refractivity contribution in [3.8, 4) is 0 Å². The van der Waals surface area contributed by atoms with Crippen molar-refractivity contribution < 1.29 is 22.0 Å². The molecule has 0 fully saturated rings. The molecule has 0 saturated heterocycles. The van der Waals surface area contributed by atoms with E-state index in [0.29, 0.717) is 17.4 Å². The van der Waals surface area contributed by atoms with Crippen molar-refractivity contribution in [3.05, 3.63) is 83.6 Å². The number of anilines is 1. The molecule has 0 atom stereocenters. The normalized spacial score (nSPS) is 11.6. The van der Waals surface area contributed by atoms with E-state index in [1.165, 1.54) is 12.3 Å². The molecular formula is C21H21FN2O4S. The monoisotopic (exact) mass is 416 g/mol. The number of rotatable bonds is 7. The highest BCUT2D eigenvalue weighted by Gasteiger charge is 2.21. The number of benzene rings is 2. The lowest BCUT2D eigenvalue weighted by Gasteiger charge is -2.10. The fraction of sp³-hybridized carbons (Fsp3) is 0.190. The fourth-order valence-electron chi connectivity index (χ4n) is 2.66. The van der Waals surface area contributed by atoms with Gasteiger partial charge in [0.15, 0.2) is 0 Å². The van der Waals surface area contributed by atoms with Crippen LogP contribution in [0.2, 0.25) is 0 Å². The number of amides is 1. The van der Waals surface area contributed by atoms with E-state index < -0.39 is 26.6 Å². The van der Waals surface area contributed by atoms with Crippen LogP contribution in [0, 0.1) is 5.82 Å². The van der Waals surface area contributed by atoms with Crippen molar-refractivity contribution in [1.29, 1.82) is 0 Å². The first-order chi connectivity index (χ1) is 13.8. The van der Waals surface area contributed by atoms with Crippen LogP contribution < -0.4 is 10.0 Å². The van der Waals surface area contributed by atoms with Crippen LogP contribution in [0.15, 0.2) is 70.2 Å². The van der Waals surface area contributed by atoms with E-state index in [9.17, 15) is 17.6 Å². The fourth-order valence-corrected chi connectivity index (χ4v) is 3.76. The molecule has 1 amide bonds. The molecule has 0 spiro atoms. The van der Waals surface area contributed by atoms with E-state index in [1.54, 1.807) is 24.3 Å². The minimum Gasteiger partial charge on any atom is -0.468 e. The zero-order valence-electron chi connectivity index (χ0n) is 16.0. The lowest BCUT2D eigenvalue weighted by Crippen LogP contribution is -2.24. The zero-order chi connectivity index (χ0) is 21.0. The van der Waals surface area contributed by atoms with Crippen LogP contribution >= 0.6 is 0 Å². The maximum absolute atomic E-state index is 14.2. The summed E-state index contributed by atoms with van der Waals surface area (Å²) < 4.78 is 46.4. The largest absolute Gasteiger partial charge is 0.468 e. The Balaban J connectivity index is 1.77. The number of carbonyl (C=O) groups excluding carboxylic acids is 1. The van der Waals surface area contributed by atoms with E-state index in [4.69, 9.17) is 4.42 Å². The van der Waals surface area contributed by atoms with Gasteiger partial charge in [-0.2, -0.15) is 0 Å². The molecule has 1 aromatic heterocycles. The molecule has 0 aliphatic rings. The van der Waals surface area contributed by atoms with Gasteiger partial charge in [0.2, 0.25) is 10.0 Å². The first kappa shape index (κ1) is 20.8. The predicted molar refractivity (Wildman–Crippen MR) is 108 cm³/mol. The summed E-state index contributed by atoms with van der Waals surface area (Å²) in [5, 5.41) is 2.69. The second kappa shape index (κ2) is 8.59. The number of sulfonamides is 1. The Bertz CT molecular complexity index is 1090. The van der Waals surface area contributed by atoms with Gasteiger partial charge < -0.3 is 9.73 Å². The third-order valence-corrected chi connectivity index (χ3v) is 5.75. The smallest absolute Gasteiger partial charge is 0.255 e. The van der Waals surface area contributed by atoms with Crippen LogP contribution in [-0.2, 0) is 16.6 Å². The summed E-state index contributed by atoms with van der Waals surface area (Å²) in [7, 11) is -4.18. The van der Waals surface area contributed by atoms with Crippen LogP contribution in [-0.4, -0.2) is 14.3 Å². The Morgan fingerprint density at radius 1 is 1.10 bits per heavy atom. The van der Waals surface area contributed by atoms with Gasteiger partial charge in [-0.05, 0) is 53.9 Å². The topological polar surface area (TPSA) is 88.4 Å². The molecule has 0 radical (unpaired) electrons. The Hall–Kier alpha value is -2.97. The quantitative estimate of drug-likeness (QED) is 0.602. The highest BCUT2D eigenvalue weighted by molar-refractivity contribution is 7.89. The molecule has 2 aromatic carbocycles. The molecule has 2 N–H and O–H groups in total. The molecule has 3 rings (SSSR count). The summed E-state index contributed by atoms with van der Waals surface area (Å²) in [5.74, 6) is -0.745. The number of halogens is 1. The van der Waals surface area contributed by atoms with E-state index in [2.05, 4.69) is 23.9 Å². The number of furan rings is 1. The highest BCUT2D eigenvalue weighted by Crippen LogP contribution is 2.20. The first-order valence-electron chi connectivity index (χ1n) is 8.99. The molecule has 0 bridgehead atoms. The van der Waals surface area contributed by atoms with Crippen molar-refractivity contribution >= 4 is 21.6 Å². The molecular weight excluding hydrogens is 395 g/mol. The van der Waals surface area contributed by atoms with Gasteiger partial charge in [0.05, 0.1) is 12.8 Å². The van der Waals surface area contributed by atoms with Crippen LogP contribution in [0.4, 0.5) is 10.1 Å². The Morgan fingerprint density at radius 3 is 2.45 bits per heavy atom. The molecule has 0 saturated carbocycles. The van der Waals surface area contributed by atoms with Crippen LogP contribution in [0.3, 0.4) is 0 Å². The van der Waals surface area contributed by atoms with Crippen molar-refractivity contribution in [2.45, 2.75) is 31.2 Å². The molecule has 1 heterocycles. The number of hydrogen-bond acceptors (Lipinski definition) is 4. The van der Waals surface area contributed by atoms with Crippen molar-refractivity contribution in [2.24, 2.45) is 0 Å². The van der Waals surface area contributed by atoms with Crippen molar-refractivity contribution in [2.75, 3.05) is 5.32 Å². The van der Waals surface area contributed by atoms with Gasteiger partial charge in [0, 0.05) is 11.3 Å². The summed E-state index contributed by atoms with van der Waals surface area (Å²) in [6.45, 7) is 4.00. The standard InChI is InChI=1S/C21H21FN2O4S/c1-14(2)15-5-8-17(9-6-15)24-21(25)16-7-10-19(22)20(12-16)29(26,27)23-13-18-4-3-11-28-18/h3-12,14,23H,13H2,1-2H3,(H,24,25). The number of carbonyl (C=O) groups is 1. The number of nitrogens with one attached hydrogen (secondary N) is 2. The van der Waals surface area contributed by atoms with Crippen LogP contribution in [0.25, 0.3) is 0 Å². The van der Waals surface area contributed by atoms with Crippen LogP contribution in [0.1, 0.15) is 41.4 Å². The summed E-state index contributed by atoms with van der Waals surface area (Å²) >= 11 is 0. The molecule has 6 nitrogen and oxygen atoms in total. The van der Waals surface area contributed by atoms with Crippen molar-refractivity contribution in [3.63, 3.8) is 0 Å². The summed E-state index contributed by atoms with van der Waals surface area (Å²) in [5.41, 5.74) is 1.71. The van der Waals surface area contributed by atoms with Gasteiger partial charge in [0.25, 0.3) is 5.91 Å². The van der Waals surface area contributed by atoms with Gasteiger partial charge in [-0.1, -0.05) is 26.0 Å². The Morgan fingerprint density at radius 2 is 1.83 bits per heavy atom. The maximum Gasteiger partial charge on any atom is 0.255 e. The predicted octanol–water partition coefficient (Wildman–Crippen LogP) is 4.27. The molecule has 0 unspecified atom stereocenters. The highest BCUT2D eigenvalue weighted by atomic mass is 32.2. The van der Waals surface area contributed by atoms with Gasteiger partial charge in [-0.3, -0.25) is 4.79 Å². The molecule has 152 valence electrons. The second-order valence-corrected chi connectivity index (χ2v) is 8.52. The molecule has 3 aromatic rings. The van der Waals surface area contributed by atoms with Crippen molar-refractivity contribution in [1.82, 2.24) is 4.72 Å². The second-order valence-electron chi connectivity index (χ2n) is 6.78. The van der Waals surface area contributed by atoms with E-state index in [-0.39, 0.29) is 12.1 Å². The van der Waals surface area contributed by atoms with Gasteiger partial charge >= 0.3 is 0 Å². The maximum atomic E-state index is 14.2. The van der Waals surface area contributed by atoms with E-state index >= 15 is 0 Å². The van der Waals surface area contributed by atoms with Gasteiger partial charge in [-0.15, -0.1) is 0 Å². The lowest BCUT2D eigenvalue weighted by molar-refractivity contribution is 0.102. The summed E-state index contributed by atoms with van der Waals surface area (Å²) in [6.07, 6.45) is 1.41. The van der Waals surface area contributed by atoms with Gasteiger partial charge in [-0.25, -0.2) is 17.5 Å². The van der Waals surface area contributed by atoms with Crippen LogP contribution in [0.5, 0.6) is 0 Å². The van der Waals surface area contributed by atoms with E-state index in [0.717, 1.165) is 17.7 Å². The zero-order valence-corrected chi connectivity index (χ0v) is 16.8. The molecule has 0 aliphatic heterocycles. The molecule has 8 heteroatoms. The van der Waals surface area contributed by atoms with Gasteiger partial charge in [0.1, 0.15) is 16.5 Å². The Kier molecular flexibility index (Phi) is 6.14. The molecule has 29 heavy (non-hydrogen) atoms. The minimum absolute atomic E-state index is 0.0257. The molecule has 0 aliphatic carbocycles. The SMILES string of the molecule is CC(C)c1ccc(NC(=O)c2ccc(F)c(S(=O)(=O)NCc3ccco3)c2)cc1. The average Bonchev–Trinajstić information content (AvgIpc) is 3.21. The number of hydrogen-bond donors (Lipinski definition) is 2. The summed E-state index contributed by atoms with van der Waals surface area (Å²) in [4.78, 5) is 11.9. The third kappa shape index (κ3) is 5.10.